The summed E-state index contributed by atoms with van der Waals surface area (Å²) in [7, 11) is 0. The van der Waals surface area contributed by atoms with E-state index in [0.29, 0.717) is 16.1 Å². The van der Waals surface area contributed by atoms with Gasteiger partial charge in [0.15, 0.2) is 11.2 Å². The van der Waals surface area contributed by atoms with Gasteiger partial charge in [0.25, 0.3) is 0 Å². The molecule has 0 aliphatic heterocycles. The zero-order valence-corrected chi connectivity index (χ0v) is 18.1. The second-order valence-electron chi connectivity index (χ2n) is 5.23. The van der Waals surface area contributed by atoms with E-state index >= 15 is 0 Å². The summed E-state index contributed by atoms with van der Waals surface area (Å²) in [6.07, 6.45) is 0.906. The van der Waals surface area contributed by atoms with Crippen LogP contribution in [0, 0.1) is 11.3 Å². The summed E-state index contributed by atoms with van der Waals surface area (Å²) in [4.78, 5) is 26.2. The molecule has 0 N–H and O–H groups in total. The van der Waals surface area contributed by atoms with E-state index in [1.807, 2.05) is 0 Å². The summed E-state index contributed by atoms with van der Waals surface area (Å²) in [5.74, 6) is -0.729. The van der Waals surface area contributed by atoms with Crippen molar-refractivity contribution in [1.82, 2.24) is 14.8 Å². The maximum Gasteiger partial charge on any atom is 1.00 e. The van der Waals surface area contributed by atoms with Gasteiger partial charge < -0.3 is 9.67 Å². The van der Waals surface area contributed by atoms with Crippen LogP contribution in [-0.2, 0) is 0 Å². The van der Waals surface area contributed by atoms with Crippen molar-refractivity contribution in [3.05, 3.63) is 89.6 Å². The van der Waals surface area contributed by atoms with Gasteiger partial charge in [-0.3, -0.25) is 14.7 Å². The fourth-order valence-electron chi connectivity index (χ4n) is 2.43. The van der Waals surface area contributed by atoms with Crippen molar-refractivity contribution in [3.63, 3.8) is 0 Å². The summed E-state index contributed by atoms with van der Waals surface area (Å²) in [5.41, 5.74) is -0.308. The minimum Gasteiger partial charge on any atom is -0.362 e. The van der Waals surface area contributed by atoms with Crippen LogP contribution in [0.4, 0.5) is 0 Å². The molecular formula is C17H8Cl3N4NaO2. The monoisotopic (exact) mass is 428 g/mol. The predicted molar refractivity (Wildman–Crippen MR) is 98.4 cm³/mol. The molecule has 2 aromatic carbocycles. The molecule has 0 bridgehead atoms. The summed E-state index contributed by atoms with van der Waals surface area (Å²) < 4.78 is 0.895. The quantitative estimate of drug-likeness (QED) is 0.554. The Labute approximate surface area is 190 Å². The van der Waals surface area contributed by atoms with Crippen molar-refractivity contribution in [2.75, 3.05) is 0 Å². The predicted octanol–water partition coefficient (Wildman–Crippen LogP) is 0.170. The van der Waals surface area contributed by atoms with E-state index in [4.69, 9.17) is 34.8 Å². The first-order valence-corrected chi connectivity index (χ1v) is 8.32. The molecule has 0 aliphatic carbocycles. The molecule has 1 unspecified atom stereocenters. The topological polar surface area (TPSA) is 89.8 Å². The Hall–Kier alpha value is -1.59. The van der Waals surface area contributed by atoms with Gasteiger partial charge in [-0.2, -0.15) is 5.26 Å². The van der Waals surface area contributed by atoms with E-state index in [9.17, 15) is 14.9 Å². The summed E-state index contributed by atoms with van der Waals surface area (Å²) >= 11 is 18.6. The molecule has 1 atom stereocenters. The Bertz CT molecular complexity index is 1110. The minimum atomic E-state index is -0.855. The molecule has 3 aromatic rings. The Morgan fingerprint density at radius 2 is 1.67 bits per heavy atom. The number of hydrogen-bond donors (Lipinski definition) is 0. The zero-order chi connectivity index (χ0) is 18.8. The van der Waals surface area contributed by atoms with E-state index < -0.39 is 17.2 Å². The fraction of sp³-hybridized carbons (Fsp3) is 0.0588. The van der Waals surface area contributed by atoms with Crippen LogP contribution < -0.4 is 45.8 Å². The molecule has 1 heterocycles. The molecule has 10 heteroatoms. The molecule has 1 aromatic heterocycles. The third kappa shape index (κ3) is 4.64. The number of halogens is 3. The van der Waals surface area contributed by atoms with Crippen LogP contribution in [0.25, 0.3) is 5.69 Å². The van der Waals surface area contributed by atoms with Gasteiger partial charge in [0.05, 0.1) is 18.2 Å². The summed E-state index contributed by atoms with van der Waals surface area (Å²) in [6, 6.07) is 11.8. The Kier molecular flexibility index (Phi) is 7.29. The first kappa shape index (κ1) is 21.7. The van der Waals surface area contributed by atoms with E-state index in [1.54, 1.807) is 24.3 Å². The maximum absolute atomic E-state index is 11.8. The van der Waals surface area contributed by atoms with Crippen LogP contribution in [-0.4, -0.2) is 9.78 Å². The van der Waals surface area contributed by atoms with E-state index in [0.717, 1.165) is 10.9 Å². The van der Waals surface area contributed by atoms with Gasteiger partial charge in [0.2, 0.25) is 0 Å². The summed E-state index contributed by atoms with van der Waals surface area (Å²) in [5, 5.41) is 14.2. The first-order valence-electron chi connectivity index (χ1n) is 7.18. The van der Waals surface area contributed by atoms with Gasteiger partial charge in [0.1, 0.15) is 0 Å². The molecule has 0 radical (unpaired) electrons. The van der Waals surface area contributed by atoms with Gasteiger partial charge in [0, 0.05) is 20.6 Å². The number of hydrogen-bond acceptors (Lipinski definition) is 4. The molecule has 0 aliphatic rings. The second-order valence-corrected chi connectivity index (χ2v) is 6.48. The fourth-order valence-corrected chi connectivity index (χ4v) is 3.25. The van der Waals surface area contributed by atoms with Crippen molar-refractivity contribution < 1.29 is 29.6 Å². The first-order chi connectivity index (χ1) is 12.4. The maximum atomic E-state index is 11.8. The number of rotatable bonds is 3. The molecule has 0 saturated heterocycles. The Balaban J connectivity index is 0.00000261. The smallest absolute Gasteiger partial charge is 0.362 e. The van der Waals surface area contributed by atoms with Crippen molar-refractivity contribution in [3.8, 4) is 11.8 Å². The normalized spacial score (nSPS) is 11.3. The minimum absolute atomic E-state index is 0. The molecule has 0 amide bonds. The van der Waals surface area contributed by atoms with Crippen LogP contribution in [0.3, 0.4) is 0 Å². The number of aromatic nitrogens is 3. The van der Waals surface area contributed by atoms with Crippen LogP contribution in [0.5, 0.6) is 0 Å². The van der Waals surface area contributed by atoms with Gasteiger partial charge in [-0.15, -0.1) is 0 Å². The van der Waals surface area contributed by atoms with Crippen LogP contribution >= 0.6 is 34.8 Å². The van der Waals surface area contributed by atoms with E-state index in [1.165, 1.54) is 12.1 Å². The van der Waals surface area contributed by atoms with E-state index in [-0.39, 0.29) is 45.3 Å². The van der Waals surface area contributed by atoms with Crippen molar-refractivity contribution >= 4 is 34.8 Å². The second kappa shape index (κ2) is 9.07. The number of benzene rings is 2. The molecule has 0 spiro atoms. The van der Waals surface area contributed by atoms with Gasteiger partial charge in [-0.05, 0) is 35.5 Å². The molecular weight excluding hydrogens is 422 g/mol. The third-order valence-corrected chi connectivity index (χ3v) is 4.48. The molecule has 6 nitrogen and oxygen atoms in total. The Morgan fingerprint density at radius 3 is 2.19 bits per heavy atom. The van der Waals surface area contributed by atoms with Crippen LogP contribution in [0.2, 0.25) is 15.1 Å². The van der Waals surface area contributed by atoms with Crippen molar-refractivity contribution in [2.45, 2.75) is 5.92 Å². The standard InChI is InChI=1S/C17H9Cl3N4O2.Na/c18-10-3-1-9(2-4-10)12(7-21)16-13(19)5-11(6-14(16)20)24-17(26)23-15(25)8-22-24;/h1-6,8,12H,(H,23,25,26);/q;+1/p-1. The van der Waals surface area contributed by atoms with Gasteiger partial charge in [-0.25, -0.2) is 0 Å². The van der Waals surface area contributed by atoms with Gasteiger partial charge in [-0.1, -0.05) is 46.9 Å². The van der Waals surface area contributed by atoms with E-state index in [2.05, 4.69) is 16.2 Å². The Morgan fingerprint density at radius 1 is 1.07 bits per heavy atom. The SMILES string of the molecule is N#CC(c1ccc(Cl)cc1)c1c(Cl)cc(-n2ncc(=O)[n-]c2=O)cc1Cl.[Na+]. The average Bonchev–Trinajstić information content (AvgIpc) is 2.59. The number of nitriles is 1. The summed E-state index contributed by atoms with van der Waals surface area (Å²) in [6.45, 7) is 0. The van der Waals surface area contributed by atoms with Crippen LogP contribution in [0.15, 0.2) is 52.2 Å². The number of nitrogens with zero attached hydrogens (tertiary/aromatic N) is 4. The molecule has 0 fully saturated rings. The molecule has 27 heavy (non-hydrogen) atoms. The molecule has 130 valence electrons. The third-order valence-electron chi connectivity index (χ3n) is 3.60. The molecule has 3 rings (SSSR count). The van der Waals surface area contributed by atoms with Crippen molar-refractivity contribution in [2.24, 2.45) is 0 Å². The average molecular weight is 430 g/mol. The van der Waals surface area contributed by atoms with Crippen molar-refractivity contribution in [1.29, 1.82) is 5.26 Å². The largest absolute Gasteiger partial charge is 1.00 e. The molecule has 0 saturated carbocycles. The van der Waals surface area contributed by atoms with Crippen LogP contribution in [0.1, 0.15) is 17.0 Å². The van der Waals surface area contributed by atoms with Gasteiger partial charge >= 0.3 is 29.6 Å². The zero-order valence-electron chi connectivity index (χ0n) is 13.9.